The maximum Gasteiger partial charge on any atom is 0.265 e. The molecule has 0 bridgehead atoms. The highest BCUT2D eigenvalue weighted by molar-refractivity contribution is 6.30. The molecule has 0 aliphatic heterocycles. The zero-order chi connectivity index (χ0) is 15.4. The van der Waals surface area contributed by atoms with E-state index in [9.17, 15) is 4.79 Å². The first-order valence-electron chi connectivity index (χ1n) is 6.76. The third kappa shape index (κ3) is 4.23. The number of nitrogens with one attached hydrogen (secondary N) is 1. The molecule has 2 aromatic carbocycles. The molecule has 1 amide bonds. The number of rotatable bonds is 4. The quantitative estimate of drug-likeness (QED) is 0.911. The predicted octanol–water partition coefficient (Wildman–Crippen LogP) is 4.36. The summed E-state index contributed by atoms with van der Waals surface area (Å²) in [5, 5.41) is 3.53. The highest BCUT2D eigenvalue weighted by Crippen LogP contribution is 2.19. The standard InChI is InChI=1S/C17H18ClNO2/c1-11-4-5-12(2)16(10-11)19-17(20)13(3)21-15-8-6-14(18)7-9-15/h4-10,13H,1-3H3,(H,19,20)/t13-/m1/s1. The first-order chi connectivity index (χ1) is 9.95. The van der Waals surface area contributed by atoms with Crippen LogP contribution in [-0.4, -0.2) is 12.0 Å². The van der Waals surface area contributed by atoms with Crippen LogP contribution in [0.2, 0.25) is 5.02 Å². The highest BCUT2D eigenvalue weighted by atomic mass is 35.5. The zero-order valence-corrected chi connectivity index (χ0v) is 13.1. The zero-order valence-electron chi connectivity index (χ0n) is 12.3. The molecule has 2 aromatic rings. The Morgan fingerprint density at radius 2 is 1.81 bits per heavy atom. The van der Waals surface area contributed by atoms with Gasteiger partial charge < -0.3 is 10.1 Å². The van der Waals surface area contributed by atoms with Gasteiger partial charge in [-0.05, 0) is 62.2 Å². The van der Waals surface area contributed by atoms with Gasteiger partial charge in [-0.25, -0.2) is 0 Å². The lowest BCUT2D eigenvalue weighted by Crippen LogP contribution is -2.30. The summed E-state index contributed by atoms with van der Waals surface area (Å²) in [4.78, 5) is 12.2. The van der Waals surface area contributed by atoms with Crippen molar-refractivity contribution in [2.45, 2.75) is 26.9 Å². The Labute approximate surface area is 129 Å². The van der Waals surface area contributed by atoms with Gasteiger partial charge in [0, 0.05) is 10.7 Å². The molecule has 3 nitrogen and oxygen atoms in total. The number of carbonyl (C=O) groups excluding carboxylic acids is 1. The van der Waals surface area contributed by atoms with Crippen molar-refractivity contribution in [3.05, 3.63) is 58.6 Å². The molecule has 0 radical (unpaired) electrons. The van der Waals surface area contributed by atoms with Crippen molar-refractivity contribution in [3.8, 4) is 5.75 Å². The van der Waals surface area contributed by atoms with E-state index in [4.69, 9.17) is 16.3 Å². The van der Waals surface area contributed by atoms with Crippen molar-refractivity contribution in [1.29, 1.82) is 0 Å². The van der Waals surface area contributed by atoms with Crippen LogP contribution in [0.3, 0.4) is 0 Å². The lowest BCUT2D eigenvalue weighted by atomic mass is 10.1. The number of amides is 1. The molecular formula is C17H18ClNO2. The monoisotopic (exact) mass is 303 g/mol. The van der Waals surface area contributed by atoms with Gasteiger partial charge in [-0.15, -0.1) is 0 Å². The molecule has 0 unspecified atom stereocenters. The second kappa shape index (κ2) is 6.64. The topological polar surface area (TPSA) is 38.3 Å². The lowest BCUT2D eigenvalue weighted by molar-refractivity contribution is -0.122. The van der Waals surface area contributed by atoms with E-state index in [0.29, 0.717) is 10.8 Å². The van der Waals surface area contributed by atoms with E-state index in [2.05, 4.69) is 5.32 Å². The second-order valence-corrected chi connectivity index (χ2v) is 5.46. The van der Waals surface area contributed by atoms with E-state index in [1.54, 1.807) is 31.2 Å². The maximum absolute atomic E-state index is 12.2. The van der Waals surface area contributed by atoms with Crippen molar-refractivity contribution in [2.24, 2.45) is 0 Å². The van der Waals surface area contributed by atoms with Crippen molar-refractivity contribution in [3.63, 3.8) is 0 Å². The molecule has 0 fully saturated rings. The van der Waals surface area contributed by atoms with Gasteiger partial charge in [-0.3, -0.25) is 4.79 Å². The summed E-state index contributed by atoms with van der Waals surface area (Å²) in [6.45, 7) is 5.66. The average molecular weight is 304 g/mol. The Kier molecular flexibility index (Phi) is 4.86. The molecule has 0 heterocycles. The fourth-order valence-corrected chi connectivity index (χ4v) is 2.00. The number of anilines is 1. The van der Waals surface area contributed by atoms with E-state index >= 15 is 0 Å². The molecule has 0 saturated carbocycles. The van der Waals surface area contributed by atoms with E-state index < -0.39 is 6.10 Å². The smallest absolute Gasteiger partial charge is 0.265 e. The van der Waals surface area contributed by atoms with Crippen molar-refractivity contribution in [1.82, 2.24) is 0 Å². The van der Waals surface area contributed by atoms with Crippen LogP contribution in [0.15, 0.2) is 42.5 Å². The molecule has 110 valence electrons. The highest BCUT2D eigenvalue weighted by Gasteiger charge is 2.15. The maximum atomic E-state index is 12.2. The summed E-state index contributed by atoms with van der Waals surface area (Å²) in [7, 11) is 0. The minimum atomic E-state index is -0.592. The number of aryl methyl sites for hydroxylation is 2. The number of ether oxygens (including phenoxy) is 1. The molecule has 21 heavy (non-hydrogen) atoms. The fourth-order valence-electron chi connectivity index (χ4n) is 1.88. The predicted molar refractivity (Wildman–Crippen MR) is 86.1 cm³/mol. The van der Waals surface area contributed by atoms with Crippen molar-refractivity contribution in [2.75, 3.05) is 5.32 Å². The first-order valence-corrected chi connectivity index (χ1v) is 7.14. The molecule has 2 rings (SSSR count). The van der Waals surface area contributed by atoms with Crippen LogP contribution >= 0.6 is 11.6 Å². The van der Waals surface area contributed by atoms with Crippen molar-refractivity contribution >= 4 is 23.2 Å². The van der Waals surface area contributed by atoms with Gasteiger partial charge in [-0.2, -0.15) is 0 Å². The molecule has 1 N–H and O–H groups in total. The van der Waals surface area contributed by atoms with E-state index in [1.165, 1.54) is 0 Å². The van der Waals surface area contributed by atoms with Gasteiger partial charge in [0.05, 0.1) is 0 Å². The van der Waals surface area contributed by atoms with E-state index in [-0.39, 0.29) is 5.91 Å². The normalized spacial score (nSPS) is 11.8. The molecule has 0 spiro atoms. The lowest BCUT2D eigenvalue weighted by Gasteiger charge is -2.16. The molecule has 4 heteroatoms. The van der Waals surface area contributed by atoms with Crippen LogP contribution in [0.25, 0.3) is 0 Å². The molecule has 1 atom stereocenters. The van der Waals surface area contributed by atoms with Crippen LogP contribution in [0, 0.1) is 13.8 Å². The number of carbonyl (C=O) groups is 1. The number of hydrogen-bond acceptors (Lipinski definition) is 2. The van der Waals surface area contributed by atoms with Crippen molar-refractivity contribution < 1.29 is 9.53 Å². The van der Waals surface area contributed by atoms with Crippen LogP contribution in [0.5, 0.6) is 5.75 Å². The van der Waals surface area contributed by atoms with Crippen LogP contribution in [-0.2, 0) is 4.79 Å². The Morgan fingerprint density at radius 1 is 1.14 bits per heavy atom. The van der Waals surface area contributed by atoms with Gasteiger partial charge in [-0.1, -0.05) is 23.7 Å². The number of halogens is 1. The molecule has 0 aromatic heterocycles. The molecule has 0 saturated heterocycles. The Hall–Kier alpha value is -2.00. The van der Waals surface area contributed by atoms with Crippen LogP contribution < -0.4 is 10.1 Å². The van der Waals surface area contributed by atoms with Crippen LogP contribution in [0.4, 0.5) is 5.69 Å². The third-order valence-electron chi connectivity index (χ3n) is 3.15. The average Bonchev–Trinajstić information content (AvgIpc) is 2.45. The Bertz CT molecular complexity index is 638. The fraction of sp³-hybridized carbons (Fsp3) is 0.235. The van der Waals surface area contributed by atoms with Gasteiger partial charge in [0.2, 0.25) is 0 Å². The van der Waals surface area contributed by atoms with Gasteiger partial charge >= 0.3 is 0 Å². The summed E-state index contributed by atoms with van der Waals surface area (Å²) in [5.41, 5.74) is 2.93. The minimum absolute atomic E-state index is 0.182. The molecular weight excluding hydrogens is 286 g/mol. The summed E-state index contributed by atoms with van der Waals surface area (Å²) in [5.74, 6) is 0.432. The molecule has 0 aliphatic carbocycles. The second-order valence-electron chi connectivity index (χ2n) is 5.02. The SMILES string of the molecule is Cc1ccc(C)c(NC(=O)[C@@H](C)Oc2ccc(Cl)cc2)c1. The Balaban J connectivity index is 2.02. The molecule has 0 aliphatic rings. The minimum Gasteiger partial charge on any atom is -0.481 e. The summed E-state index contributed by atoms with van der Waals surface area (Å²) < 4.78 is 5.60. The summed E-state index contributed by atoms with van der Waals surface area (Å²) in [6.07, 6.45) is -0.592. The van der Waals surface area contributed by atoms with Crippen LogP contribution in [0.1, 0.15) is 18.1 Å². The van der Waals surface area contributed by atoms with Gasteiger partial charge in [0.1, 0.15) is 5.75 Å². The summed E-state index contributed by atoms with van der Waals surface area (Å²) in [6, 6.07) is 12.9. The summed E-state index contributed by atoms with van der Waals surface area (Å²) >= 11 is 5.82. The first kappa shape index (κ1) is 15.4. The van der Waals surface area contributed by atoms with E-state index in [0.717, 1.165) is 16.8 Å². The van der Waals surface area contributed by atoms with Gasteiger partial charge in [0.25, 0.3) is 5.91 Å². The largest absolute Gasteiger partial charge is 0.481 e. The number of hydrogen-bond donors (Lipinski definition) is 1. The van der Waals surface area contributed by atoms with Gasteiger partial charge in [0.15, 0.2) is 6.10 Å². The third-order valence-corrected chi connectivity index (χ3v) is 3.40. The van der Waals surface area contributed by atoms with E-state index in [1.807, 2.05) is 32.0 Å². The Morgan fingerprint density at radius 3 is 2.48 bits per heavy atom. The number of benzene rings is 2.